The predicted molar refractivity (Wildman–Crippen MR) is 94.9 cm³/mol. The summed E-state index contributed by atoms with van der Waals surface area (Å²) in [5.74, 6) is -0.211. The van der Waals surface area contributed by atoms with E-state index >= 15 is 0 Å². The van der Waals surface area contributed by atoms with E-state index in [1.807, 2.05) is 17.0 Å². The monoisotopic (exact) mass is 318 g/mol. The second-order valence-electron chi connectivity index (χ2n) is 5.89. The smallest absolute Gasteiger partial charge is 0.146 e. The first kappa shape index (κ1) is 17.7. The zero-order chi connectivity index (χ0) is 16.7. The Bertz CT molecular complexity index is 514. The molecule has 126 valence electrons. The number of halogens is 1. The zero-order valence-electron chi connectivity index (χ0n) is 14.0. The van der Waals surface area contributed by atoms with Crippen molar-refractivity contribution in [3.8, 4) is 0 Å². The first-order chi connectivity index (χ1) is 11.1. The Hall–Kier alpha value is -1.69. The van der Waals surface area contributed by atoms with Crippen molar-refractivity contribution < 1.29 is 4.39 Å². The Morgan fingerprint density at radius 3 is 2.43 bits per heavy atom. The molecule has 0 radical (unpaired) electrons. The highest BCUT2D eigenvalue weighted by atomic mass is 19.1. The molecule has 1 fully saturated rings. The molecule has 0 aromatic heterocycles. The van der Waals surface area contributed by atoms with Crippen LogP contribution in [-0.2, 0) is 6.54 Å². The molecular formula is C18H27FN4. The van der Waals surface area contributed by atoms with Gasteiger partial charge in [-0.1, -0.05) is 18.2 Å². The molecule has 5 heteroatoms. The van der Waals surface area contributed by atoms with Crippen molar-refractivity contribution in [3.05, 3.63) is 54.9 Å². The Labute approximate surface area is 138 Å². The third kappa shape index (κ3) is 5.16. The van der Waals surface area contributed by atoms with Gasteiger partial charge in [-0.05, 0) is 24.7 Å². The molecular weight excluding hydrogens is 291 g/mol. The lowest BCUT2D eigenvalue weighted by molar-refractivity contribution is 0.102. The van der Waals surface area contributed by atoms with E-state index in [0.717, 1.165) is 31.7 Å². The minimum absolute atomic E-state index is 0.211. The van der Waals surface area contributed by atoms with Gasteiger partial charge in [0.15, 0.2) is 0 Å². The van der Waals surface area contributed by atoms with Crippen LogP contribution < -0.4 is 10.3 Å². The fraction of sp³-hybridized carbons (Fsp3) is 0.444. The molecule has 0 spiro atoms. The van der Waals surface area contributed by atoms with Crippen LogP contribution in [0, 0.1) is 5.82 Å². The lowest BCUT2D eigenvalue weighted by Gasteiger charge is -2.32. The summed E-state index contributed by atoms with van der Waals surface area (Å²) in [6.07, 6.45) is 3.55. The SMILES string of the molecule is C=CCN(CC=C)c1cc(CNN2CCN(C)CC2)ccc1F. The highest BCUT2D eigenvalue weighted by Crippen LogP contribution is 2.21. The van der Waals surface area contributed by atoms with E-state index in [-0.39, 0.29) is 5.82 Å². The number of hydrogen-bond acceptors (Lipinski definition) is 4. The van der Waals surface area contributed by atoms with Crippen LogP contribution in [0.4, 0.5) is 10.1 Å². The highest BCUT2D eigenvalue weighted by molar-refractivity contribution is 5.51. The molecule has 1 aromatic rings. The molecule has 0 unspecified atom stereocenters. The van der Waals surface area contributed by atoms with Crippen LogP contribution in [-0.4, -0.2) is 56.2 Å². The molecule has 1 N–H and O–H groups in total. The van der Waals surface area contributed by atoms with Crippen LogP contribution in [0.15, 0.2) is 43.5 Å². The maximum Gasteiger partial charge on any atom is 0.146 e. The van der Waals surface area contributed by atoms with Gasteiger partial charge < -0.3 is 9.80 Å². The quantitative estimate of drug-likeness (QED) is 0.742. The minimum atomic E-state index is -0.211. The largest absolute Gasteiger partial charge is 0.362 e. The summed E-state index contributed by atoms with van der Waals surface area (Å²) in [6, 6.07) is 5.28. The second kappa shape index (κ2) is 8.82. The van der Waals surface area contributed by atoms with Gasteiger partial charge in [0.25, 0.3) is 0 Å². The maximum atomic E-state index is 14.2. The van der Waals surface area contributed by atoms with Gasteiger partial charge in [0.1, 0.15) is 5.82 Å². The molecule has 0 saturated carbocycles. The van der Waals surface area contributed by atoms with Crippen molar-refractivity contribution in [2.24, 2.45) is 0 Å². The van der Waals surface area contributed by atoms with Crippen LogP contribution in [0.2, 0.25) is 0 Å². The van der Waals surface area contributed by atoms with Crippen LogP contribution in [0.25, 0.3) is 0 Å². The number of rotatable bonds is 8. The fourth-order valence-electron chi connectivity index (χ4n) is 2.66. The molecule has 1 aliphatic rings. The molecule has 0 amide bonds. The Balaban J connectivity index is 2.01. The number of nitrogens with one attached hydrogen (secondary N) is 1. The van der Waals surface area contributed by atoms with Crippen molar-refractivity contribution in [1.82, 2.24) is 15.3 Å². The van der Waals surface area contributed by atoms with Crippen molar-refractivity contribution >= 4 is 5.69 Å². The molecule has 1 aromatic carbocycles. The number of hydrazine groups is 1. The number of anilines is 1. The lowest BCUT2D eigenvalue weighted by Crippen LogP contribution is -2.50. The van der Waals surface area contributed by atoms with Crippen LogP contribution in [0.5, 0.6) is 0 Å². The standard InChI is InChI=1S/C18H27FN4/c1-4-8-22(9-5-2)18-14-16(6-7-17(18)19)15-20-23-12-10-21(3)11-13-23/h4-7,14,20H,1-2,8-13,15H2,3H3. The van der Waals surface area contributed by atoms with Gasteiger partial charge in [0, 0.05) is 45.8 Å². The van der Waals surface area contributed by atoms with Gasteiger partial charge in [-0.25, -0.2) is 9.40 Å². The summed E-state index contributed by atoms with van der Waals surface area (Å²) in [6.45, 7) is 13.5. The first-order valence-electron chi connectivity index (χ1n) is 8.06. The Morgan fingerprint density at radius 2 is 1.83 bits per heavy atom. The van der Waals surface area contributed by atoms with Crippen molar-refractivity contribution in [2.75, 3.05) is 51.2 Å². The normalized spacial score (nSPS) is 16.3. The van der Waals surface area contributed by atoms with Gasteiger partial charge in [0.05, 0.1) is 5.69 Å². The fourth-order valence-corrected chi connectivity index (χ4v) is 2.66. The molecule has 1 saturated heterocycles. The third-order valence-electron chi connectivity index (χ3n) is 4.06. The lowest BCUT2D eigenvalue weighted by atomic mass is 10.1. The Kier molecular flexibility index (Phi) is 6.77. The van der Waals surface area contributed by atoms with Crippen LogP contribution >= 0.6 is 0 Å². The topological polar surface area (TPSA) is 21.8 Å². The highest BCUT2D eigenvalue weighted by Gasteiger charge is 2.14. The van der Waals surface area contributed by atoms with E-state index in [2.05, 4.69) is 35.5 Å². The Morgan fingerprint density at radius 1 is 1.17 bits per heavy atom. The van der Waals surface area contributed by atoms with E-state index in [1.165, 1.54) is 6.07 Å². The molecule has 4 nitrogen and oxygen atoms in total. The third-order valence-corrected chi connectivity index (χ3v) is 4.06. The van der Waals surface area contributed by atoms with Gasteiger partial charge >= 0.3 is 0 Å². The van der Waals surface area contributed by atoms with Crippen LogP contribution in [0.1, 0.15) is 5.56 Å². The number of benzene rings is 1. The predicted octanol–water partition coefficient (Wildman–Crippen LogP) is 2.26. The summed E-state index contributed by atoms with van der Waals surface area (Å²) in [5.41, 5.74) is 5.10. The molecule has 0 aliphatic carbocycles. The molecule has 1 heterocycles. The van der Waals surface area contributed by atoms with E-state index in [1.54, 1.807) is 12.2 Å². The summed E-state index contributed by atoms with van der Waals surface area (Å²) >= 11 is 0. The molecule has 2 rings (SSSR count). The van der Waals surface area contributed by atoms with E-state index in [9.17, 15) is 4.39 Å². The van der Waals surface area contributed by atoms with Crippen LogP contribution in [0.3, 0.4) is 0 Å². The summed E-state index contributed by atoms with van der Waals surface area (Å²) in [7, 11) is 2.14. The molecule has 0 bridgehead atoms. The average Bonchev–Trinajstić information content (AvgIpc) is 2.55. The number of hydrogen-bond donors (Lipinski definition) is 1. The number of piperazine rings is 1. The van der Waals surface area contributed by atoms with E-state index < -0.39 is 0 Å². The van der Waals surface area contributed by atoms with Crippen molar-refractivity contribution in [3.63, 3.8) is 0 Å². The zero-order valence-corrected chi connectivity index (χ0v) is 14.0. The average molecular weight is 318 g/mol. The van der Waals surface area contributed by atoms with Gasteiger partial charge in [0.2, 0.25) is 0 Å². The summed E-state index contributed by atoms with van der Waals surface area (Å²) in [4.78, 5) is 4.24. The van der Waals surface area contributed by atoms with Gasteiger partial charge in [-0.15, -0.1) is 13.2 Å². The molecule has 1 aliphatic heterocycles. The summed E-state index contributed by atoms with van der Waals surface area (Å²) in [5, 5.41) is 2.23. The van der Waals surface area contributed by atoms with Crippen molar-refractivity contribution in [1.29, 1.82) is 0 Å². The second-order valence-corrected chi connectivity index (χ2v) is 5.89. The summed E-state index contributed by atoms with van der Waals surface area (Å²) < 4.78 is 14.2. The maximum absolute atomic E-state index is 14.2. The molecule has 23 heavy (non-hydrogen) atoms. The minimum Gasteiger partial charge on any atom is -0.362 e. The number of nitrogens with zero attached hydrogens (tertiary/aromatic N) is 3. The molecule has 0 atom stereocenters. The first-order valence-corrected chi connectivity index (χ1v) is 8.06. The van der Waals surface area contributed by atoms with Gasteiger partial charge in [-0.2, -0.15) is 0 Å². The van der Waals surface area contributed by atoms with Gasteiger partial charge in [-0.3, -0.25) is 5.43 Å². The van der Waals surface area contributed by atoms with E-state index in [4.69, 9.17) is 0 Å². The van der Waals surface area contributed by atoms with Crippen molar-refractivity contribution in [2.45, 2.75) is 6.54 Å². The number of likely N-dealkylation sites (N-methyl/N-ethyl adjacent to an activating group) is 1. The van der Waals surface area contributed by atoms with E-state index in [0.29, 0.717) is 25.3 Å².